The second-order valence-corrected chi connectivity index (χ2v) is 3.27. The molecule has 1 heterocycles. The zero-order valence-electron chi connectivity index (χ0n) is 8.66. The van der Waals surface area contributed by atoms with Gasteiger partial charge in [-0.3, -0.25) is 0 Å². The van der Waals surface area contributed by atoms with Crippen LogP contribution in [0.5, 0.6) is 0 Å². The van der Waals surface area contributed by atoms with Crippen LogP contribution in [0.15, 0.2) is 33.9 Å². The van der Waals surface area contributed by atoms with E-state index in [9.17, 15) is 0 Å². The van der Waals surface area contributed by atoms with Crippen molar-refractivity contribution in [3.8, 4) is 11.5 Å². The first-order chi connectivity index (χ1) is 7.79. The van der Waals surface area contributed by atoms with Crippen LogP contribution in [0.1, 0.15) is 11.4 Å². The van der Waals surface area contributed by atoms with Crippen LogP contribution in [-0.4, -0.2) is 10.1 Å². The van der Waals surface area contributed by atoms with E-state index in [-0.39, 0.29) is 6.54 Å². The van der Waals surface area contributed by atoms with E-state index in [0.29, 0.717) is 11.7 Å². The van der Waals surface area contributed by atoms with Crippen LogP contribution in [0.3, 0.4) is 0 Å². The van der Waals surface area contributed by atoms with Crippen molar-refractivity contribution >= 4 is 0 Å². The zero-order chi connectivity index (χ0) is 11.4. The van der Waals surface area contributed by atoms with E-state index >= 15 is 0 Å². The van der Waals surface area contributed by atoms with Gasteiger partial charge in [0.15, 0.2) is 5.82 Å². The molecule has 6 heteroatoms. The molecule has 0 aliphatic carbocycles. The fourth-order valence-corrected chi connectivity index (χ4v) is 1.31. The van der Waals surface area contributed by atoms with Gasteiger partial charge in [0.2, 0.25) is 0 Å². The van der Waals surface area contributed by atoms with Crippen molar-refractivity contribution < 1.29 is 4.52 Å². The van der Waals surface area contributed by atoms with Gasteiger partial charge < -0.3 is 4.52 Å². The van der Waals surface area contributed by atoms with Gasteiger partial charge in [-0.25, -0.2) is 0 Å². The van der Waals surface area contributed by atoms with Crippen molar-refractivity contribution in [2.45, 2.75) is 13.5 Å². The molecule has 80 valence electrons. The molecule has 0 saturated heterocycles. The average Bonchev–Trinajstić information content (AvgIpc) is 2.75. The Bertz CT molecular complexity index is 542. The molecule has 0 bridgehead atoms. The molecule has 1 aromatic heterocycles. The third-order valence-electron chi connectivity index (χ3n) is 2.01. The molecule has 1 aromatic carbocycles. The third kappa shape index (κ3) is 2.18. The fraction of sp³-hybridized carbons (Fsp3) is 0.200. The van der Waals surface area contributed by atoms with Gasteiger partial charge in [-0.15, -0.1) is 0 Å². The Morgan fingerprint density at radius 2 is 2.38 bits per heavy atom. The van der Waals surface area contributed by atoms with Gasteiger partial charge in [-0.1, -0.05) is 28.0 Å². The Kier molecular flexibility index (Phi) is 2.84. The summed E-state index contributed by atoms with van der Waals surface area (Å²) in [6.07, 6.45) is 0. The Labute approximate surface area is 91.5 Å². The second kappa shape index (κ2) is 4.46. The maximum Gasteiger partial charge on any atom is 0.257 e. The summed E-state index contributed by atoms with van der Waals surface area (Å²) in [5.74, 6) is 0.821. The molecule has 0 aliphatic rings. The number of azide groups is 1. The van der Waals surface area contributed by atoms with E-state index in [2.05, 4.69) is 20.2 Å². The number of hydrogen-bond donors (Lipinski definition) is 0. The highest BCUT2D eigenvalue weighted by atomic mass is 16.5. The predicted octanol–water partition coefficient (Wildman–Crippen LogP) is 2.86. The summed E-state index contributed by atoms with van der Waals surface area (Å²) in [6.45, 7) is 2.09. The molecule has 16 heavy (non-hydrogen) atoms. The Morgan fingerprint density at radius 3 is 3.12 bits per heavy atom. The lowest BCUT2D eigenvalue weighted by molar-refractivity contribution is 0.423. The molecule has 0 spiro atoms. The van der Waals surface area contributed by atoms with Gasteiger partial charge in [0.1, 0.15) is 0 Å². The lowest BCUT2D eigenvalue weighted by atomic mass is 10.1. The minimum Gasteiger partial charge on any atom is -0.334 e. The quantitative estimate of drug-likeness (QED) is 0.448. The van der Waals surface area contributed by atoms with Crippen LogP contribution in [0.4, 0.5) is 0 Å². The molecule has 0 fully saturated rings. The van der Waals surface area contributed by atoms with E-state index < -0.39 is 0 Å². The average molecular weight is 215 g/mol. The third-order valence-corrected chi connectivity index (χ3v) is 2.01. The molecule has 0 N–H and O–H groups in total. The van der Waals surface area contributed by atoms with Gasteiger partial charge in [-0.2, -0.15) is 4.98 Å². The summed E-state index contributed by atoms with van der Waals surface area (Å²) in [6, 6.07) is 7.74. The molecular formula is C10H9N5O. The van der Waals surface area contributed by atoms with E-state index in [0.717, 1.165) is 11.1 Å². The minimum atomic E-state index is 0.103. The molecule has 0 amide bonds. The van der Waals surface area contributed by atoms with Gasteiger partial charge in [0.25, 0.3) is 5.89 Å². The number of aryl methyl sites for hydroxylation is 1. The van der Waals surface area contributed by atoms with Crippen LogP contribution in [0, 0.1) is 6.92 Å². The summed E-state index contributed by atoms with van der Waals surface area (Å²) in [7, 11) is 0. The largest absolute Gasteiger partial charge is 0.334 e. The normalized spacial score (nSPS) is 9.81. The van der Waals surface area contributed by atoms with Crippen LogP contribution in [-0.2, 0) is 6.54 Å². The van der Waals surface area contributed by atoms with Crippen molar-refractivity contribution in [2.24, 2.45) is 5.11 Å². The van der Waals surface area contributed by atoms with Gasteiger partial charge in [0.05, 0.1) is 6.54 Å². The standard InChI is InChI=1S/C10H9N5O/c1-7-3-2-4-8(5-7)10-13-9(14-16-10)6-12-15-11/h2-5H,6H2,1H3. The number of rotatable bonds is 3. The van der Waals surface area contributed by atoms with Gasteiger partial charge in [0, 0.05) is 10.5 Å². The number of benzene rings is 1. The second-order valence-electron chi connectivity index (χ2n) is 3.27. The van der Waals surface area contributed by atoms with Crippen molar-refractivity contribution in [3.05, 3.63) is 46.1 Å². The van der Waals surface area contributed by atoms with Crippen molar-refractivity contribution in [1.82, 2.24) is 10.1 Å². The van der Waals surface area contributed by atoms with E-state index in [1.54, 1.807) is 0 Å². The summed E-state index contributed by atoms with van der Waals surface area (Å²) in [5, 5.41) is 7.07. The first kappa shape index (κ1) is 10.2. The van der Waals surface area contributed by atoms with E-state index in [1.807, 2.05) is 31.2 Å². The molecule has 0 unspecified atom stereocenters. The maximum absolute atomic E-state index is 8.16. The molecule has 0 saturated carbocycles. The van der Waals surface area contributed by atoms with Crippen molar-refractivity contribution in [2.75, 3.05) is 0 Å². The zero-order valence-corrected chi connectivity index (χ0v) is 8.66. The van der Waals surface area contributed by atoms with Crippen LogP contribution < -0.4 is 0 Å². The molecule has 2 rings (SSSR count). The molecule has 0 atom stereocenters. The lowest BCUT2D eigenvalue weighted by Gasteiger charge is -1.94. The summed E-state index contributed by atoms with van der Waals surface area (Å²) < 4.78 is 5.06. The summed E-state index contributed by atoms with van der Waals surface area (Å²) >= 11 is 0. The van der Waals surface area contributed by atoms with Crippen LogP contribution in [0.2, 0.25) is 0 Å². The topological polar surface area (TPSA) is 87.7 Å². The molecule has 0 aliphatic heterocycles. The maximum atomic E-state index is 8.16. The number of hydrogen-bond acceptors (Lipinski definition) is 4. The first-order valence-corrected chi connectivity index (χ1v) is 4.70. The van der Waals surface area contributed by atoms with E-state index in [1.165, 1.54) is 0 Å². The highest BCUT2D eigenvalue weighted by Gasteiger charge is 2.07. The Hall–Kier alpha value is -2.33. The molecule has 2 aromatic rings. The van der Waals surface area contributed by atoms with Crippen LogP contribution >= 0.6 is 0 Å². The summed E-state index contributed by atoms with van der Waals surface area (Å²) in [5.41, 5.74) is 10.1. The lowest BCUT2D eigenvalue weighted by Crippen LogP contribution is -1.83. The molecular weight excluding hydrogens is 206 g/mol. The van der Waals surface area contributed by atoms with Gasteiger partial charge >= 0.3 is 0 Å². The smallest absolute Gasteiger partial charge is 0.257 e. The SMILES string of the molecule is Cc1cccc(-c2nc(CN=[N+]=[N-])no2)c1. The fourth-order valence-electron chi connectivity index (χ4n) is 1.31. The van der Waals surface area contributed by atoms with Crippen molar-refractivity contribution in [3.63, 3.8) is 0 Å². The van der Waals surface area contributed by atoms with E-state index in [4.69, 9.17) is 10.1 Å². The van der Waals surface area contributed by atoms with Crippen LogP contribution in [0.25, 0.3) is 21.9 Å². The summed E-state index contributed by atoms with van der Waals surface area (Å²) in [4.78, 5) is 6.75. The first-order valence-electron chi connectivity index (χ1n) is 4.70. The Morgan fingerprint density at radius 1 is 1.50 bits per heavy atom. The number of aromatic nitrogens is 2. The van der Waals surface area contributed by atoms with Crippen molar-refractivity contribution in [1.29, 1.82) is 0 Å². The highest BCUT2D eigenvalue weighted by Crippen LogP contribution is 2.18. The highest BCUT2D eigenvalue weighted by molar-refractivity contribution is 5.53. The molecule has 6 nitrogen and oxygen atoms in total. The Balaban J connectivity index is 2.27. The minimum absolute atomic E-state index is 0.103. The predicted molar refractivity (Wildman–Crippen MR) is 57.3 cm³/mol. The van der Waals surface area contributed by atoms with Gasteiger partial charge in [-0.05, 0) is 24.6 Å². The molecule has 0 radical (unpaired) electrons. The monoisotopic (exact) mass is 215 g/mol. The number of nitrogens with zero attached hydrogens (tertiary/aromatic N) is 5.